The van der Waals surface area contributed by atoms with Gasteiger partial charge in [-0.05, 0) is 47.9 Å². The first kappa shape index (κ1) is 25.1. The average molecular weight is 379 g/mol. The minimum Gasteiger partial charge on any atom is -0.545 e. The summed E-state index contributed by atoms with van der Waals surface area (Å²) in [6.45, 7) is 4.27. The Kier molecular flexibility index (Phi) is 13.3. The molecule has 0 N–H and O–H groups in total. The minimum atomic E-state index is -1.11. The van der Waals surface area contributed by atoms with E-state index in [1.807, 2.05) is 24.3 Å². The molecule has 0 spiro atoms. The van der Waals surface area contributed by atoms with Crippen molar-refractivity contribution in [1.82, 2.24) is 0 Å². The number of aryl methyl sites for hydroxylation is 2. The maximum atomic E-state index is 10.4. The zero-order chi connectivity index (χ0) is 19.4. The number of rotatable bonds is 8. The van der Waals surface area contributed by atoms with Crippen molar-refractivity contribution in [3.8, 4) is 0 Å². The zero-order valence-electron chi connectivity index (χ0n) is 16.2. The second kappa shape index (κ2) is 14.2. The Morgan fingerprint density at radius 3 is 1.19 bits per heavy atom. The van der Waals surface area contributed by atoms with Crippen LogP contribution in [0.25, 0.3) is 0 Å². The third kappa shape index (κ3) is 10.2. The summed E-state index contributed by atoms with van der Waals surface area (Å²) in [4.78, 5) is 20.8. The van der Waals surface area contributed by atoms with E-state index < -0.39 is 11.9 Å². The fourth-order valence-corrected chi connectivity index (χ4v) is 2.38. The monoisotopic (exact) mass is 378 g/mol. The number of benzene rings is 2. The summed E-state index contributed by atoms with van der Waals surface area (Å²) >= 11 is 0. The molecule has 5 heteroatoms. The predicted octanol–water partition coefficient (Wildman–Crippen LogP) is 2.40. The molecular weight excluding hydrogens is 353 g/mol. The van der Waals surface area contributed by atoms with Gasteiger partial charge >= 0.3 is 23.1 Å². The van der Waals surface area contributed by atoms with Crippen LogP contribution in [0, 0.1) is 0 Å². The molecule has 0 radical (unpaired) electrons. The number of aromatic carboxylic acids is 2. The Hall–Kier alpha value is -1.85. The summed E-state index contributed by atoms with van der Waals surface area (Å²) in [6, 6.07) is 13.8. The second-order valence-electron chi connectivity index (χ2n) is 6.18. The molecule has 0 amide bonds. The fraction of sp³-hybridized carbons (Fsp3) is 0.364. The van der Waals surface area contributed by atoms with Crippen molar-refractivity contribution in [2.24, 2.45) is 0 Å². The van der Waals surface area contributed by atoms with E-state index >= 15 is 0 Å². The van der Waals surface area contributed by atoms with Gasteiger partial charge in [0.25, 0.3) is 0 Å². The molecule has 0 aliphatic heterocycles. The molecule has 0 atom stereocenters. The van der Waals surface area contributed by atoms with Gasteiger partial charge in [0.15, 0.2) is 0 Å². The van der Waals surface area contributed by atoms with Gasteiger partial charge in [-0.25, -0.2) is 0 Å². The molecule has 0 aliphatic carbocycles. The van der Waals surface area contributed by atoms with Crippen molar-refractivity contribution in [3.63, 3.8) is 0 Å². The normalized spacial score (nSPS) is 9.56. The largest absolute Gasteiger partial charge is 2.00 e. The number of hydrogen-bond donors (Lipinski definition) is 0. The van der Waals surface area contributed by atoms with E-state index in [4.69, 9.17) is 0 Å². The first-order valence-electron chi connectivity index (χ1n) is 9.08. The summed E-state index contributed by atoms with van der Waals surface area (Å²) in [5.41, 5.74) is 2.87. The third-order valence-electron chi connectivity index (χ3n) is 4.02. The van der Waals surface area contributed by atoms with Crippen LogP contribution >= 0.6 is 0 Å². The summed E-state index contributed by atoms with van der Waals surface area (Å²) < 4.78 is 0. The van der Waals surface area contributed by atoms with E-state index in [1.165, 1.54) is 11.1 Å². The van der Waals surface area contributed by atoms with Gasteiger partial charge < -0.3 is 19.8 Å². The van der Waals surface area contributed by atoms with Crippen LogP contribution < -0.4 is 10.2 Å². The van der Waals surface area contributed by atoms with Crippen molar-refractivity contribution in [3.05, 3.63) is 70.8 Å². The smallest absolute Gasteiger partial charge is 0.545 e. The molecule has 2 rings (SSSR count). The van der Waals surface area contributed by atoms with Crippen molar-refractivity contribution < 1.29 is 19.8 Å². The number of hydrogen-bond acceptors (Lipinski definition) is 4. The van der Waals surface area contributed by atoms with Crippen LogP contribution in [-0.2, 0) is 12.8 Å². The molecule has 0 aromatic heterocycles. The Balaban J connectivity index is 0.000000483. The van der Waals surface area contributed by atoms with Gasteiger partial charge in [-0.1, -0.05) is 75.2 Å². The van der Waals surface area contributed by atoms with Gasteiger partial charge in [0, 0.05) is 0 Å². The first-order valence-corrected chi connectivity index (χ1v) is 9.08. The minimum absolute atomic E-state index is 0. The Bertz CT molecular complexity index is 617. The van der Waals surface area contributed by atoms with E-state index in [0.717, 1.165) is 38.5 Å². The van der Waals surface area contributed by atoms with E-state index in [0.29, 0.717) is 0 Å². The van der Waals surface area contributed by atoms with Crippen LogP contribution in [0.15, 0.2) is 48.5 Å². The van der Waals surface area contributed by atoms with Crippen LogP contribution in [0.2, 0.25) is 0 Å². The molecule has 0 saturated heterocycles. The van der Waals surface area contributed by atoms with Crippen LogP contribution in [0.1, 0.15) is 71.4 Å². The molecule has 27 heavy (non-hydrogen) atoms. The van der Waals surface area contributed by atoms with E-state index in [9.17, 15) is 19.8 Å². The number of carboxylic acids is 2. The molecule has 2 aromatic rings. The SMILES string of the molecule is CCCCc1ccc(C(=O)[O-])cc1.CCCCc1ccc(C(=O)[O-])cc1.[Mg+2]. The van der Waals surface area contributed by atoms with Crippen molar-refractivity contribution >= 4 is 35.0 Å². The molecule has 0 aliphatic rings. The van der Waals surface area contributed by atoms with Crippen molar-refractivity contribution in [2.75, 3.05) is 0 Å². The number of carbonyl (C=O) groups is 2. The topological polar surface area (TPSA) is 80.3 Å². The number of carboxylic acid groups (broad SMARTS) is 2. The Labute approximate surface area is 177 Å². The molecule has 4 nitrogen and oxygen atoms in total. The van der Waals surface area contributed by atoms with E-state index in [1.54, 1.807) is 24.3 Å². The molecular formula is C22H26MgO4. The van der Waals surface area contributed by atoms with Crippen molar-refractivity contribution in [2.45, 2.75) is 52.4 Å². The molecule has 0 saturated carbocycles. The standard InChI is InChI=1S/2C11H14O2.Mg/c2*1-2-3-4-9-5-7-10(8-6-9)11(12)13;/h2*5-8H,2-4H2,1H3,(H,12,13);/q;;+2/p-2. The molecule has 0 bridgehead atoms. The molecule has 0 unspecified atom stereocenters. The maximum absolute atomic E-state index is 10.4. The summed E-state index contributed by atoms with van der Waals surface area (Å²) in [5, 5.41) is 20.8. The summed E-state index contributed by atoms with van der Waals surface area (Å²) in [6.07, 6.45) is 6.63. The van der Waals surface area contributed by atoms with Gasteiger partial charge in [0.05, 0.1) is 11.9 Å². The van der Waals surface area contributed by atoms with E-state index in [2.05, 4.69) is 13.8 Å². The Morgan fingerprint density at radius 2 is 0.963 bits per heavy atom. The van der Waals surface area contributed by atoms with Crippen molar-refractivity contribution in [1.29, 1.82) is 0 Å². The maximum Gasteiger partial charge on any atom is 2.00 e. The average Bonchev–Trinajstić information content (AvgIpc) is 2.66. The van der Waals surface area contributed by atoms with Crippen LogP contribution in [0.3, 0.4) is 0 Å². The van der Waals surface area contributed by atoms with Gasteiger partial charge in [-0.3, -0.25) is 0 Å². The Morgan fingerprint density at radius 1 is 0.667 bits per heavy atom. The molecule has 0 fully saturated rings. The molecule has 2 aromatic carbocycles. The fourth-order valence-electron chi connectivity index (χ4n) is 2.38. The quantitative estimate of drug-likeness (QED) is 0.661. The second-order valence-corrected chi connectivity index (χ2v) is 6.18. The van der Waals surface area contributed by atoms with Crippen LogP contribution in [0.4, 0.5) is 0 Å². The zero-order valence-corrected chi connectivity index (χ0v) is 17.6. The van der Waals surface area contributed by atoms with Crippen LogP contribution in [0.5, 0.6) is 0 Å². The first-order chi connectivity index (χ1) is 12.5. The summed E-state index contributed by atoms with van der Waals surface area (Å²) in [5.74, 6) is -2.22. The van der Waals surface area contributed by atoms with Gasteiger partial charge in [-0.15, -0.1) is 0 Å². The third-order valence-corrected chi connectivity index (χ3v) is 4.02. The summed E-state index contributed by atoms with van der Waals surface area (Å²) in [7, 11) is 0. The number of unbranched alkanes of at least 4 members (excludes halogenated alkanes) is 2. The van der Waals surface area contributed by atoms with Crippen LogP contribution in [-0.4, -0.2) is 35.0 Å². The van der Waals surface area contributed by atoms with Gasteiger partial charge in [0.1, 0.15) is 0 Å². The van der Waals surface area contributed by atoms with Gasteiger partial charge in [0.2, 0.25) is 0 Å². The van der Waals surface area contributed by atoms with Gasteiger partial charge in [-0.2, -0.15) is 0 Å². The predicted molar refractivity (Wildman–Crippen MR) is 105 cm³/mol. The molecule has 140 valence electrons. The molecule has 0 heterocycles. The number of carbonyl (C=O) groups excluding carboxylic acids is 2. The van der Waals surface area contributed by atoms with E-state index in [-0.39, 0.29) is 34.2 Å².